The van der Waals surface area contributed by atoms with Crippen molar-refractivity contribution in [1.82, 2.24) is 5.16 Å². The molecule has 0 atom stereocenters. The van der Waals surface area contributed by atoms with Crippen LogP contribution in [0.2, 0.25) is 0 Å². The predicted molar refractivity (Wildman–Crippen MR) is 72.5 cm³/mol. The Morgan fingerprint density at radius 2 is 2.26 bits per heavy atom. The lowest BCUT2D eigenvalue weighted by molar-refractivity contribution is 0.0978. The quantitative estimate of drug-likeness (QED) is 0.852. The largest absolute Gasteiger partial charge is 0.383 e. The number of nitrogens with one attached hydrogen (secondary N) is 1. The normalized spacial score (nSPS) is 14.5. The maximum atomic E-state index is 12.5. The topological polar surface area (TPSA) is 58.4 Å². The smallest absolute Gasteiger partial charge is 0.280 e. The van der Waals surface area contributed by atoms with Crippen LogP contribution in [0.3, 0.4) is 0 Å². The number of amides is 1. The van der Waals surface area contributed by atoms with Gasteiger partial charge in [0.15, 0.2) is 5.69 Å². The van der Waals surface area contributed by atoms with Crippen molar-refractivity contribution in [3.8, 4) is 0 Å². The number of benzene rings is 1. The summed E-state index contributed by atoms with van der Waals surface area (Å²) in [4.78, 5) is 14.3. The first kappa shape index (κ1) is 11.8. The van der Waals surface area contributed by atoms with Crippen LogP contribution in [-0.2, 0) is 0 Å². The predicted octanol–water partition coefficient (Wildman–Crippen LogP) is 2.45. The highest BCUT2D eigenvalue weighted by atomic mass is 16.5. The number of aromatic nitrogens is 1. The molecule has 0 spiro atoms. The van der Waals surface area contributed by atoms with Gasteiger partial charge in [-0.05, 0) is 25.5 Å². The minimum absolute atomic E-state index is 0.118. The van der Waals surface area contributed by atoms with E-state index in [0.717, 1.165) is 24.3 Å². The molecule has 0 aliphatic carbocycles. The maximum absolute atomic E-state index is 12.5. The molecule has 1 amide bonds. The number of anilines is 2. The van der Waals surface area contributed by atoms with E-state index in [1.54, 1.807) is 17.9 Å². The molecule has 3 rings (SSSR count). The van der Waals surface area contributed by atoms with Crippen molar-refractivity contribution in [2.75, 3.05) is 23.3 Å². The highest BCUT2D eigenvalue weighted by molar-refractivity contribution is 6.06. The van der Waals surface area contributed by atoms with Gasteiger partial charge in [0, 0.05) is 19.2 Å². The van der Waals surface area contributed by atoms with E-state index in [1.807, 2.05) is 24.3 Å². The number of carbonyl (C=O) groups excluding carboxylic acids is 1. The average molecular weight is 257 g/mol. The number of nitrogens with zero attached hydrogens (tertiary/aromatic N) is 2. The Balaban J connectivity index is 1.98. The second-order valence-corrected chi connectivity index (χ2v) is 4.58. The van der Waals surface area contributed by atoms with Crippen LogP contribution in [0, 0.1) is 6.92 Å². The molecular weight excluding hydrogens is 242 g/mol. The number of rotatable bonds is 1. The van der Waals surface area contributed by atoms with Crippen LogP contribution >= 0.6 is 0 Å². The fourth-order valence-electron chi connectivity index (χ4n) is 2.26. The highest BCUT2D eigenvalue weighted by Gasteiger charge is 2.24. The van der Waals surface area contributed by atoms with Crippen molar-refractivity contribution in [3.05, 3.63) is 41.8 Å². The van der Waals surface area contributed by atoms with Crippen LogP contribution in [0.15, 0.2) is 34.9 Å². The zero-order chi connectivity index (χ0) is 13.2. The SMILES string of the molecule is Cc1cc(C(=O)N2CCCNc3ccccc32)no1. The molecule has 0 saturated carbocycles. The number of aryl methyl sites for hydroxylation is 1. The number of carbonyl (C=O) groups is 1. The molecule has 0 saturated heterocycles. The van der Waals surface area contributed by atoms with Crippen molar-refractivity contribution in [2.24, 2.45) is 0 Å². The Labute approximate surface area is 111 Å². The van der Waals surface area contributed by atoms with Gasteiger partial charge in [0.05, 0.1) is 11.4 Å². The summed E-state index contributed by atoms with van der Waals surface area (Å²) in [6.07, 6.45) is 0.900. The van der Waals surface area contributed by atoms with E-state index in [0.29, 0.717) is 18.0 Å². The van der Waals surface area contributed by atoms with Crippen LogP contribution in [0.5, 0.6) is 0 Å². The molecule has 1 N–H and O–H groups in total. The maximum Gasteiger partial charge on any atom is 0.280 e. The van der Waals surface area contributed by atoms with Crippen molar-refractivity contribution >= 4 is 17.3 Å². The number of hydrogen-bond donors (Lipinski definition) is 1. The van der Waals surface area contributed by atoms with Gasteiger partial charge in [0.2, 0.25) is 0 Å². The minimum atomic E-state index is -0.118. The van der Waals surface area contributed by atoms with E-state index < -0.39 is 0 Å². The Morgan fingerprint density at radius 1 is 1.42 bits per heavy atom. The molecule has 2 aromatic rings. The highest BCUT2D eigenvalue weighted by Crippen LogP contribution is 2.29. The van der Waals surface area contributed by atoms with Gasteiger partial charge in [0.1, 0.15) is 5.76 Å². The zero-order valence-electron chi connectivity index (χ0n) is 10.7. The summed E-state index contributed by atoms with van der Waals surface area (Å²) in [5, 5.41) is 7.14. The van der Waals surface area contributed by atoms with E-state index in [1.165, 1.54) is 0 Å². The fourth-order valence-corrected chi connectivity index (χ4v) is 2.26. The van der Waals surface area contributed by atoms with E-state index in [4.69, 9.17) is 4.52 Å². The summed E-state index contributed by atoms with van der Waals surface area (Å²) in [5.74, 6) is 0.526. The lowest BCUT2D eigenvalue weighted by Crippen LogP contribution is -2.31. The molecule has 1 aromatic carbocycles. The summed E-state index contributed by atoms with van der Waals surface area (Å²) in [7, 11) is 0. The summed E-state index contributed by atoms with van der Waals surface area (Å²) < 4.78 is 4.98. The number of fused-ring (bicyclic) bond motifs is 1. The van der Waals surface area contributed by atoms with Gasteiger partial charge in [-0.1, -0.05) is 17.3 Å². The molecule has 1 aliphatic heterocycles. The standard InChI is InChI=1S/C14H15N3O2/c1-10-9-12(16-19-10)14(18)17-8-4-7-15-11-5-2-3-6-13(11)17/h2-3,5-6,9,15H,4,7-8H2,1H3. The van der Waals surface area contributed by atoms with Crippen LogP contribution < -0.4 is 10.2 Å². The Hall–Kier alpha value is -2.30. The number of hydrogen-bond acceptors (Lipinski definition) is 4. The van der Waals surface area contributed by atoms with Crippen molar-refractivity contribution < 1.29 is 9.32 Å². The number of para-hydroxylation sites is 2. The summed E-state index contributed by atoms with van der Waals surface area (Å²) in [6, 6.07) is 9.48. The third-order valence-corrected chi connectivity index (χ3v) is 3.16. The van der Waals surface area contributed by atoms with Crippen LogP contribution in [0.4, 0.5) is 11.4 Å². The second kappa shape index (κ2) is 4.76. The first-order valence-corrected chi connectivity index (χ1v) is 6.34. The van der Waals surface area contributed by atoms with Gasteiger partial charge in [-0.25, -0.2) is 0 Å². The van der Waals surface area contributed by atoms with Crippen molar-refractivity contribution in [2.45, 2.75) is 13.3 Å². The lowest BCUT2D eigenvalue weighted by atomic mass is 10.2. The molecule has 0 unspecified atom stereocenters. The fraction of sp³-hybridized carbons (Fsp3) is 0.286. The Morgan fingerprint density at radius 3 is 3.05 bits per heavy atom. The van der Waals surface area contributed by atoms with Gasteiger partial charge in [-0.15, -0.1) is 0 Å². The Kier molecular flexibility index (Phi) is 2.95. The van der Waals surface area contributed by atoms with Gasteiger partial charge in [-0.3, -0.25) is 4.79 Å². The van der Waals surface area contributed by atoms with Gasteiger partial charge in [-0.2, -0.15) is 0 Å². The van der Waals surface area contributed by atoms with Crippen molar-refractivity contribution in [1.29, 1.82) is 0 Å². The van der Waals surface area contributed by atoms with E-state index in [2.05, 4.69) is 10.5 Å². The molecule has 1 aromatic heterocycles. The average Bonchev–Trinajstić information content (AvgIpc) is 2.74. The molecule has 0 fully saturated rings. The van der Waals surface area contributed by atoms with E-state index >= 15 is 0 Å². The molecule has 5 nitrogen and oxygen atoms in total. The summed E-state index contributed by atoms with van der Waals surface area (Å²) in [5.41, 5.74) is 2.23. The van der Waals surface area contributed by atoms with Gasteiger partial charge < -0.3 is 14.7 Å². The molecule has 1 aliphatic rings. The van der Waals surface area contributed by atoms with Crippen LogP contribution in [0.25, 0.3) is 0 Å². The van der Waals surface area contributed by atoms with E-state index in [-0.39, 0.29) is 5.91 Å². The zero-order valence-corrected chi connectivity index (χ0v) is 10.7. The first-order chi connectivity index (χ1) is 9.25. The Bertz CT molecular complexity index is 606. The van der Waals surface area contributed by atoms with E-state index in [9.17, 15) is 4.79 Å². The molecule has 5 heteroatoms. The van der Waals surface area contributed by atoms with Crippen LogP contribution in [0.1, 0.15) is 22.7 Å². The summed E-state index contributed by atoms with van der Waals surface area (Å²) >= 11 is 0. The monoisotopic (exact) mass is 257 g/mol. The van der Waals surface area contributed by atoms with Gasteiger partial charge in [0.25, 0.3) is 5.91 Å². The third kappa shape index (κ3) is 2.19. The third-order valence-electron chi connectivity index (χ3n) is 3.16. The molecule has 2 heterocycles. The molecule has 0 radical (unpaired) electrons. The molecule has 98 valence electrons. The molecule has 0 bridgehead atoms. The summed E-state index contributed by atoms with van der Waals surface area (Å²) in [6.45, 7) is 3.31. The molecular formula is C14H15N3O2. The minimum Gasteiger partial charge on any atom is -0.383 e. The van der Waals surface area contributed by atoms with Crippen LogP contribution in [-0.4, -0.2) is 24.2 Å². The lowest BCUT2D eigenvalue weighted by Gasteiger charge is -2.21. The van der Waals surface area contributed by atoms with Crippen molar-refractivity contribution in [3.63, 3.8) is 0 Å². The second-order valence-electron chi connectivity index (χ2n) is 4.58. The molecule has 19 heavy (non-hydrogen) atoms. The first-order valence-electron chi connectivity index (χ1n) is 6.34. The van der Waals surface area contributed by atoms with Gasteiger partial charge >= 0.3 is 0 Å².